The molecule has 21 heavy (non-hydrogen) atoms. The van der Waals surface area contributed by atoms with Crippen molar-refractivity contribution in [1.29, 1.82) is 0 Å². The second-order valence-corrected chi connectivity index (χ2v) is 6.24. The number of hydrogen-bond acceptors (Lipinski definition) is 4. The number of nitrogens with two attached hydrogens (primary N) is 1. The molecular formula is C16H19N3OS. The molecule has 0 aliphatic carbocycles. The molecule has 0 spiro atoms. The lowest BCUT2D eigenvalue weighted by Gasteiger charge is -2.27. The van der Waals surface area contributed by atoms with E-state index in [9.17, 15) is 4.79 Å². The smallest absolute Gasteiger partial charge is 0.224 e. The number of anilines is 3. The van der Waals surface area contributed by atoms with Crippen LogP contribution in [0.5, 0.6) is 0 Å². The highest BCUT2D eigenvalue weighted by Crippen LogP contribution is 2.34. The quantitative estimate of drug-likeness (QED) is 0.852. The minimum absolute atomic E-state index is 0.0700. The summed E-state index contributed by atoms with van der Waals surface area (Å²) in [5.41, 5.74) is 10.0. The van der Waals surface area contributed by atoms with Gasteiger partial charge in [0.2, 0.25) is 5.91 Å². The van der Waals surface area contributed by atoms with Crippen LogP contribution >= 0.6 is 11.3 Å². The first kappa shape index (κ1) is 13.9. The Balaban J connectivity index is 1.91. The summed E-state index contributed by atoms with van der Waals surface area (Å²) in [7, 11) is 0. The van der Waals surface area contributed by atoms with Crippen LogP contribution in [0.25, 0.3) is 0 Å². The second-order valence-electron chi connectivity index (χ2n) is 5.21. The highest BCUT2D eigenvalue weighted by molar-refractivity contribution is 7.09. The van der Waals surface area contributed by atoms with E-state index >= 15 is 0 Å². The van der Waals surface area contributed by atoms with Crippen molar-refractivity contribution in [3.63, 3.8) is 0 Å². The molecule has 3 N–H and O–H groups in total. The van der Waals surface area contributed by atoms with Crippen LogP contribution in [0.15, 0.2) is 29.6 Å². The highest BCUT2D eigenvalue weighted by atomic mass is 32.1. The molecule has 2 heterocycles. The molecule has 1 aromatic heterocycles. The number of carbonyl (C=O) groups excluding carboxylic acids is 1. The van der Waals surface area contributed by atoms with Gasteiger partial charge in [0.1, 0.15) is 0 Å². The molecule has 1 aliphatic heterocycles. The van der Waals surface area contributed by atoms with Crippen LogP contribution < -0.4 is 16.0 Å². The number of carbonyl (C=O) groups is 1. The van der Waals surface area contributed by atoms with Gasteiger partial charge in [-0.05, 0) is 42.5 Å². The van der Waals surface area contributed by atoms with E-state index in [0.29, 0.717) is 12.1 Å². The van der Waals surface area contributed by atoms with Gasteiger partial charge in [-0.25, -0.2) is 0 Å². The summed E-state index contributed by atoms with van der Waals surface area (Å²) in [6.45, 7) is 3.89. The molecule has 1 aromatic carbocycles. The maximum Gasteiger partial charge on any atom is 0.224 e. The van der Waals surface area contributed by atoms with Crippen molar-refractivity contribution in [2.75, 3.05) is 22.5 Å². The first-order chi connectivity index (χ1) is 10.2. The van der Waals surface area contributed by atoms with Crippen molar-refractivity contribution < 1.29 is 4.79 Å². The van der Waals surface area contributed by atoms with Gasteiger partial charge in [-0.15, -0.1) is 11.3 Å². The Bertz CT molecular complexity index is 652. The Kier molecular flexibility index (Phi) is 3.84. The average Bonchev–Trinajstić information content (AvgIpc) is 2.97. The number of nitrogens with zero attached hydrogens (tertiary/aromatic N) is 1. The van der Waals surface area contributed by atoms with Crippen molar-refractivity contribution in [3.05, 3.63) is 40.1 Å². The van der Waals surface area contributed by atoms with E-state index in [1.807, 2.05) is 6.07 Å². The number of amides is 1. The predicted octanol–water partition coefficient (Wildman–Crippen LogP) is 3.24. The van der Waals surface area contributed by atoms with E-state index in [1.165, 1.54) is 10.4 Å². The zero-order valence-electron chi connectivity index (χ0n) is 12.1. The van der Waals surface area contributed by atoms with Gasteiger partial charge >= 0.3 is 0 Å². The van der Waals surface area contributed by atoms with Gasteiger partial charge in [0.15, 0.2) is 0 Å². The molecule has 2 aromatic rings. The molecule has 0 atom stereocenters. The first-order valence-electron chi connectivity index (χ1n) is 7.17. The summed E-state index contributed by atoms with van der Waals surface area (Å²) in [5.74, 6) is 0.0700. The van der Waals surface area contributed by atoms with Gasteiger partial charge in [-0.1, -0.05) is 6.07 Å². The first-order valence-corrected chi connectivity index (χ1v) is 8.05. The molecule has 0 radical (unpaired) electrons. The summed E-state index contributed by atoms with van der Waals surface area (Å²) >= 11 is 1.76. The molecule has 3 rings (SSSR count). The Hall–Kier alpha value is -2.01. The van der Waals surface area contributed by atoms with Gasteiger partial charge < -0.3 is 16.0 Å². The average molecular weight is 301 g/mol. The molecule has 4 nitrogen and oxygen atoms in total. The third-order valence-electron chi connectivity index (χ3n) is 3.80. The zero-order chi connectivity index (χ0) is 14.8. The third-order valence-corrected chi connectivity index (χ3v) is 4.66. The fourth-order valence-corrected chi connectivity index (χ4v) is 3.38. The fraction of sp³-hybridized carbons (Fsp3) is 0.312. The topological polar surface area (TPSA) is 58.4 Å². The minimum atomic E-state index is 0.0700. The number of fused-ring (bicyclic) bond motifs is 1. The van der Waals surface area contributed by atoms with E-state index in [2.05, 4.69) is 40.7 Å². The second kappa shape index (κ2) is 5.77. The lowest BCUT2D eigenvalue weighted by molar-refractivity contribution is -0.116. The van der Waals surface area contributed by atoms with Crippen molar-refractivity contribution in [1.82, 2.24) is 0 Å². The van der Waals surface area contributed by atoms with E-state index in [0.717, 1.165) is 30.9 Å². The molecule has 0 bridgehead atoms. The largest absolute Gasteiger partial charge is 0.397 e. The molecule has 1 amide bonds. The van der Waals surface area contributed by atoms with Crippen molar-refractivity contribution in [2.24, 2.45) is 0 Å². The summed E-state index contributed by atoms with van der Waals surface area (Å²) in [6.07, 6.45) is 1.33. The summed E-state index contributed by atoms with van der Waals surface area (Å²) in [4.78, 5) is 15.1. The Morgan fingerprint density at radius 3 is 2.95 bits per heavy atom. The molecule has 1 aliphatic rings. The standard InChI is InChI=1S/C16H19N3OS/c1-2-19(10-12-4-3-7-21-12)15-8-11-5-6-16(20)18-14(11)9-13(15)17/h3-4,7-9H,2,5-6,10,17H2,1H3,(H,18,20). The van der Waals surface area contributed by atoms with E-state index in [-0.39, 0.29) is 5.91 Å². The van der Waals surface area contributed by atoms with Crippen LogP contribution in [0.1, 0.15) is 23.8 Å². The number of nitrogens with one attached hydrogen (secondary N) is 1. The van der Waals surface area contributed by atoms with Crippen LogP contribution in [0.2, 0.25) is 0 Å². The predicted molar refractivity (Wildman–Crippen MR) is 88.8 cm³/mol. The monoisotopic (exact) mass is 301 g/mol. The van der Waals surface area contributed by atoms with E-state index in [1.54, 1.807) is 11.3 Å². The Labute approximate surface area is 128 Å². The van der Waals surface area contributed by atoms with Crippen LogP contribution in [0.3, 0.4) is 0 Å². The number of nitrogen functional groups attached to an aromatic ring is 1. The van der Waals surface area contributed by atoms with Gasteiger partial charge in [-0.3, -0.25) is 4.79 Å². The maximum absolute atomic E-state index is 11.5. The molecule has 0 saturated heterocycles. The molecule has 5 heteroatoms. The lowest BCUT2D eigenvalue weighted by atomic mass is 10.0. The third kappa shape index (κ3) is 2.88. The van der Waals surface area contributed by atoms with Crippen LogP contribution in [-0.2, 0) is 17.8 Å². The fourth-order valence-electron chi connectivity index (χ4n) is 2.66. The van der Waals surface area contributed by atoms with Gasteiger partial charge in [0.05, 0.1) is 17.9 Å². The Morgan fingerprint density at radius 2 is 2.24 bits per heavy atom. The van der Waals surface area contributed by atoms with Crippen molar-refractivity contribution in [2.45, 2.75) is 26.3 Å². The van der Waals surface area contributed by atoms with Crippen LogP contribution in [-0.4, -0.2) is 12.5 Å². The van der Waals surface area contributed by atoms with Crippen LogP contribution in [0, 0.1) is 0 Å². The summed E-state index contributed by atoms with van der Waals surface area (Å²) in [6, 6.07) is 8.22. The number of benzene rings is 1. The number of aryl methyl sites for hydroxylation is 1. The van der Waals surface area contributed by atoms with Crippen LogP contribution in [0.4, 0.5) is 17.1 Å². The molecule has 0 fully saturated rings. The number of hydrogen-bond donors (Lipinski definition) is 2. The van der Waals surface area contributed by atoms with Gasteiger partial charge in [-0.2, -0.15) is 0 Å². The molecular weight excluding hydrogens is 282 g/mol. The SMILES string of the molecule is CCN(Cc1cccs1)c1cc2c(cc1N)NC(=O)CC2. The van der Waals surface area contributed by atoms with E-state index in [4.69, 9.17) is 5.73 Å². The summed E-state index contributed by atoms with van der Waals surface area (Å²) in [5, 5.41) is 4.99. The molecule has 110 valence electrons. The molecule has 0 saturated carbocycles. The normalized spacial score (nSPS) is 13.7. The summed E-state index contributed by atoms with van der Waals surface area (Å²) < 4.78 is 0. The lowest BCUT2D eigenvalue weighted by Crippen LogP contribution is -2.24. The van der Waals surface area contributed by atoms with Gasteiger partial charge in [0.25, 0.3) is 0 Å². The van der Waals surface area contributed by atoms with Gasteiger partial charge in [0, 0.05) is 23.5 Å². The number of thiophene rings is 1. The highest BCUT2D eigenvalue weighted by Gasteiger charge is 2.18. The number of rotatable bonds is 4. The zero-order valence-corrected chi connectivity index (χ0v) is 12.9. The maximum atomic E-state index is 11.5. The van der Waals surface area contributed by atoms with E-state index < -0.39 is 0 Å². The molecule has 0 unspecified atom stereocenters. The van der Waals surface area contributed by atoms with Crippen molar-refractivity contribution in [3.8, 4) is 0 Å². The Morgan fingerprint density at radius 1 is 1.38 bits per heavy atom. The van der Waals surface area contributed by atoms with Crippen molar-refractivity contribution >= 4 is 34.3 Å². The minimum Gasteiger partial charge on any atom is -0.397 e.